The monoisotopic (exact) mass is 543 g/mol. The number of fused-ring (bicyclic) bond motifs is 1. The van der Waals surface area contributed by atoms with Gasteiger partial charge in [0.15, 0.2) is 11.6 Å². The van der Waals surface area contributed by atoms with Crippen molar-refractivity contribution in [2.24, 2.45) is 0 Å². The van der Waals surface area contributed by atoms with E-state index in [0.717, 1.165) is 50.4 Å². The van der Waals surface area contributed by atoms with Gasteiger partial charge in [0.25, 0.3) is 10.0 Å². The van der Waals surface area contributed by atoms with Crippen LogP contribution in [0.4, 0.5) is 20.3 Å². The molecule has 37 heavy (non-hydrogen) atoms. The number of piperazine rings is 1. The summed E-state index contributed by atoms with van der Waals surface area (Å²) in [6, 6.07) is 11.1. The number of carbonyl (C=O) groups excluding carboxylic acids is 1. The Morgan fingerprint density at radius 3 is 2.57 bits per heavy atom. The zero-order valence-corrected chi connectivity index (χ0v) is 20.8. The highest BCUT2D eigenvalue weighted by Gasteiger charge is 2.24. The number of nitrogens with one attached hydrogen (secondary N) is 2. The van der Waals surface area contributed by atoms with Gasteiger partial charge < -0.3 is 10.2 Å². The molecule has 1 aromatic heterocycles. The largest absolute Gasteiger partial charge is 0.353 e. The lowest BCUT2D eigenvalue weighted by Gasteiger charge is -2.28. The fourth-order valence-electron chi connectivity index (χ4n) is 4.01. The van der Waals surface area contributed by atoms with E-state index in [0.29, 0.717) is 16.9 Å². The molecule has 3 aromatic carbocycles. The number of hydrogen-bond acceptors (Lipinski definition) is 7. The summed E-state index contributed by atoms with van der Waals surface area (Å²) in [5.74, 6) is -2.02. The summed E-state index contributed by atoms with van der Waals surface area (Å²) in [5, 5.41) is 3.07. The molecule has 1 fully saturated rings. The van der Waals surface area contributed by atoms with Crippen molar-refractivity contribution < 1.29 is 22.0 Å². The number of halogens is 3. The van der Waals surface area contributed by atoms with E-state index in [4.69, 9.17) is 11.6 Å². The average molecular weight is 544 g/mol. The number of sulfonamides is 1. The van der Waals surface area contributed by atoms with Gasteiger partial charge in [-0.3, -0.25) is 14.5 Å². The lowest BCUT2D eigenvalue weighted by molar-refractivity contribution is 0.103. The van der Waals surface area contributed by atoms with Crippen LogP contribution >= 0.6 is 11.6 Å². The Hall–Kier alpha value is -3.67. The number of hydrogen-bond donors (Lipinski definition) is 2. The number of anilines is 2. The van der Waals surface area contributed by atoms with E-state index in [9.17, 15) is 17.6 Å². The van der Waals surface area contributed by atoms with Gasteiger partial charge in [-0.1, -0.05) is 17.7 Å². The van der Waals surface area contributed by atoms with Gasteiger partial charge in [-0.05, 0) is 48.5 Å². The Labute approximate surface area is 216 Å². The molecule has 1 aliphatic rings. The SMILES string of the molecule is O=C(c1ccc2ncc(N3CCNCC3)nc2c1)c1c(Cl)ccc(NS(=O)(=O)c2cccc(F)c2)c1F. The van der Waals surface area contributed by atoms with Crippen molar-refractivity contribution in [1.82, 2.24) is 15.3 Å². The first-order valence-electron chi connectivity index (χ1n) is 11.3. The Kier molecular flexibility index (Phi) is 6.76. The van der Waals surface area contributed by atoms with E-state index in [1.54, 1.807) is 12.3 Å². The molecule has 8 nitrogen and oxygen atoms in total. The van der Waals surface area contributed by atoms with Crippen molar-refractivity contribution in [3.05, 3.63) is 88.6 Å². The first-order valence-corrected chi connectivity index (χ1v) is 13.1. The summed E-state index contributed by atoms with van der Waals surface area (Å²) >= 11 is 6.17. The van der Waals surface area contributed by atoms with Gasteiger partial charge in [0.05, 0.1) is 38.4 Å². The molecule has 5 rings (SSSR count). The van der Waals surface area contributed by atoms with Gasteiger partial charge in [-0.2, -0.15) is 0 Å². The van der Waals surface area contributed by atoms with Crippen LogP contribution in [0, 0.1) is 11.6 Å². The Bertz CT molecular complexity index is 1630. The molecule has 0 saturated carbocycles. The minimum Gasteiger partial charge on any atom is -0.353 e. The second-order valence-corrected chi connectivity index (χ2v) is 10.4. The molecule has 1 saturated heterocycles. The number of ketones is 1. The third-order valence-corrected chi connectivity index (χ3v) is 7.58. The highest BCUT2D eigenvalue weighted by atomic mass is 35.5. The van der Waals surface area contributed by atoms with Crippen LogP contribution in [0.3, 0.4) is 0 Å². The van der Waals surface area contributed by atoms with Gasteiger partial charge in [0.1, 0.15) is 11.6 Å². The van der Waals surface area contributed by atoms with Gasteiger partial charge in [-0.15, -0.1) is 0 Å². The maximum Gasteiger partial charge on any atom is 0.262 e. The first kappa shape index (κ1) is 25.0. The van der Waals surface area contributed by atoms with E-state index < -0.39 is 43.6 Å². The van der Waals surface area contributed by atoms with Crippen molar-refractivity contribution in [2.45, 2.75) is 4.90 Å². The molecule has 0 radical (unpaired) electrons. The lowest BCUT2D eigenvalue weighted by Crippen LogP contribution is -2.43. The molecule has 2 N–H and O–H groups in total. The Morgan fingerprint density at radius 1 is 1.03 bits per heavy atom. The van der Waals surface area contributed by atoms with E-state index in [2.05, 4.69) is 24.9 Å². The quantitative estimate of drug-likeness (QED) is 0.354. The molecule has 0 bridgehead atoms. The van der Waals surface area contributed by atoms with Crippen LogP contribution in [0.2, 0.25) is 5.02 Å². The molecule has 0 amide bonds. The predicted octanol–water partition coefficient (Wildman–Crippen LogP) is 4.00. The van der Waals surface area contributed by atoms with Gasteiger partial charge in [-0.25, -0.2) is 22.2 Å². The predicted molar refractivity (Wildman–Crippen MR) is 137 cm³/mol. The fraction of sp³-hybridized carbons (Fsp3) is 0.160. The molecule has 12 heteroatoms. The van der Waals surface area contributed by atoms with E-state index in [1.165, 1.54) is 24.3 Å². The molecule has 0 unspecified atom stereocenters. The molecular formula is C25H20ClF2N5O3S. The summed E-state index contributed by atoms with van der Waals surface area (Å²) in [5.41, 5.74) is 0.0930. The number of carbonyl (C=O) groups is 1. The Balaban J connectivity index is 1.48. The second-order valence-electron chi connectivity index (χ2n) is 8.34. The molecule has 190 valence electrons. The third-order valence-electron chi connectivity index (χ3n) is 5.90. The Morgan fingerprint density at radius 2 is 1.81 bits per heavy atom. The molecule has 0 atom stereocenters. The van der Waals surface area contributed by atoms with E-state index >= 15 is 4.39 Å². The molecular weight excluding hydrogens is 524 g/mol. The minimum atomic E-state index is -4.33. The van der Waals surface area contributed by atoms with Gasteiger partial charge in [0, 0.05) is 31.7 Å². The van der Waals surface area contributed by atoms with Crippen LogP contribution in [0.1, 0.15) is 15.9 Å². The van der Waals surface area contributed by atoms with Crippen LogP contribution in [0.15, 0.2) is 65.7 Å². The zero-order valence-electron chi connectivity index (χ0n) is 19.2. The van der Waals surface area contributed by atoms with Crippen molar-refractivity contribution in [2.75, 3.05) is 35.8 Å². The number of rotatable bonds is 6. The average Bonchev–Trinajstić information content (AvgIpc) is 2.90. The van der Waals surface area contributed by atoms with Crippen LogP contribution < -0.4 is 14.9 Å². The second kappa shape index (κ2) is 10.0. The fourth-order valence-corrected chi connectivity index (χ4v) is 5.33. The summed E-state index contributed by atoms with van der Waals surface area (Å²) in [4.78, 5) is 24.0. The first-order chi connectivity index (χ1) is 17.7. The highest BCUT2D eigenvalue weighted by Crippen LogP contribution is 2.30. The normalized spacial score (nSPS) is 14.1. The van der Waals surface area contributed by atoms with Gasteiger partial charge >= 0.3 is 0 Å². The summed E-state index contributed by atoms with van der Waals surface area (Å²) < 4.78 is 56.4. The zero-order chi connectivity index (χ0) is 26.2. The van der Waals surface area contributed by atoms with Crippen molar-refractivity contribution >= 4 is 49.9 Å². The topological polar surface area (TPSA) is 104 Å². The summed E-state index contributed by atoms with van der Waals surface area (Å²) in [6.07, 6.45) is 1.67. The van der Waals surface area contributed by atoms with Crippen LogP contribution in [0.5, 0.6) is 0 Å². The molecule has 0 aliphatic carbocycles. The molecule has 4 aromatic rings. The van der Waals surface area contributed by atoms with E-state index in [-0.39, 0.29) is 10.6 Å². The van der Waals surface area contributed by atoms with Crippen LogP contribution in [-0.2, 0) is 10.0 Å². The third kappa shape index (κ3) is 5.10. The highest BCUT2D eigenvalue weighted by molar-refractivity contribution is 7.92. The van der Waals surface area contributed by atoms with Crippen molar-refractivity contribution in [3.8, 4) is 0 Å². The number of nitrogens with zero attached hydrogens (tertiary/aromatic N) is 3. The molecule has 0 spiro atoms. The van der Waals surface area contributed by atoms with Crippen LogP contribution in [-0.4, -0.2) is 50.3 Å². The van der Waals surface area contributed by atoms with Gasteiger partial charge in [0.2, 0.25) is 0 Å². The minimum absolute atomic E-state index is 0.102. The summed E-state index contributed by atoms with van der Waals surface area (Å²) in [6.45, 7) is 3.15. The summed E-state index contributed by atoms with van der Waals surface area (Å²) in [7, 11) is -4.33. The van der Waals surface area contributed by atoms with Crippen molar-refractivity contribution in [3.63, 3.8) is 0 Å². The smallest absolute Gasteiger partial charge is 0.262 e. The molecule has 2 heterocycles. The maximum absolute atomic E-state index is 15.5. The van der Waals surface area contributed by atoms with Crippen LogP contribution in [0.25, 0.3) is 11.0 Å². The maximum atomic E-state index is 15.5. The molecule has 1 aliphatic heterocycles. The lowest BCUT2D eigenvalue weighted by atomic mass is 10.0. The number of aromatic nitrogens is 2. The standard InChI is InChI=1S/C25H20ClF2N5O3S/c26-18-5-7-20(32-37(35,36)17-3-1-2-16(27)13-17)24(28)23(18)25(34)15-4-6-19-21(12-15)31-22(14-30-19)33-10-8-29-9-11-33/h1-7,12-14,29,32H,8-11H2. The number of benzene rings is 3. The van der Waals surface area contributed by atoms with E-state index in [1.807, 2.05) is 0 Å². The van der Waals surface area contributed by atoms with Crippen molar-refractivity contribution in [1.29, 1.82) is 0 Å².